The molecule has 0 aliphatic carbocycles. The first-order valence-corrected chi connectivity index (χ1v) is 9.68. The summed E-state index contributed by atoms with van der Waals surface area (Å²) in [6, 6.07) is 17.6. The molecule has 1 saturated heterocycles. The number of ether oxygens (including phenoxy) is 1. The zero-order valence-corrected chi connectivity index (χ0v) is 16.3. The molecule has 2 atom stereocenters. The van der Waals surface area contributed by atoms with Gasteiger partial charge in [-0.05, 0) is 48.6 Å². The minimum absolute atomic E-state index is 0.0637. The van der Waals surface area contributed by atoms with Gasteiger partial charge in [-0.2, -0.15) is 0 Å². The summed E-state index contributed by atoms with van der Waals surface area (Å²) in [6.07, 6.45) is 1.80. The third kappa shape index (κ3) is 3.05. The monoisotopic (exact) mass is 401 g/mol. The van der Waals surface area contributed by atoms with E-state index in [0.29, 0.717) is 5.11 Å². The summed E-state index contributed by atoms with van der Waals surface area (Å²) >= 11 is 13.5. The number of hydrogen-bond acceptors (Lipinski definition) is 4. The molecule has 2 aromatic heterocycles. The van der Waals surface area contributed by atoms with Crippen LogP contribution in [0.3, 0.4) is 0 Å². The molecule has 132 valence electrons. The Morgan fingerprint density at radius 3 is 2.65 bits per heavy atom. The highest BCUT2D eigenvalue weighted by molar-refractivity contribution is 7.80. The van der Waals surface area contributed by atoms with Crippen molar-refractivity contribution >= 4 is 46.0 Å². The summed E-state index contributed by atoms with van der Waals surface area (Å²) in [6.45, 7) is 0. The average molecular weight is 402 g/mol. The number of benzene rings is 1. The SMILES string of the molecule is COc1ccccc1N1C(=S)N[C@H](c2ccccn2)[C@@H]1c1ccc(Cl)s1. The van der Waals surface area contributed by atoms with Crippen molar-refractivity contribution in [3.8, 4) is 5.75 Å². The van der Waals surface area contributed by atoms with Gasteiger partial charge < -0.3 is 15.0 Å². The minimum atomic E-state index is -0.0803. The maximum absolute atomic E-state index is 6.23. The molecule has 1 aromatic carbocycles. The Balaban J connectivity index is 1.85. The van der Waals surface area contributed by atoms with Crippen molar-refractivity contribution in [3.05, 3.63) is 75.7 Å². The van der Waals surface area contributed by atoms with Crippen LogP contribution in [0.4, 0.5) is 5.69 Å². The number of para-hydroxylation sites is 2. The maximum Gasteiger partial charge on any atom is 0.174 e. The van der Waals surface area contributed by atoms with Gasteiger partial charge in [-0.3, -0.25) is 4.98 Å². The lowest BCUT2D eigenvalue weighted by molar-refractivity contribution is 0.414. The molecule has 1 aliphatic rings. The van der Waals surface area contributed by atoms with Crippen molar-refractivity contribution in [1.82, 2.24) is 10.3 Å². The van der Waals surface area contributed by atoms with E-state index in [1.165, 1.54) is 0 Å². The molecule has 0 radical (unpaired) electrons. The largest absolute Gasteiger partial charge is 0.495 e. The Kier molecular flexibility index (Phi) is 4.80. The molecule has 0 unspecified atom stereocenters. The quantitative estimate of drug-likeness (QED) is 0.624. The number of thiophene rings is 1. The second-order valence-electron chi connectivity index (χ2n) is 5.81. The minimum Gasteiger partial charge on any atom is -0.495 e. The molecule has 0 spiro atoms. The molecule has 3 aromatic rings. The highest BCUT2D eigenvalue weighted by Crippen LogP contribution is 2.46. The molecule has 0 saturated carbocycles. The Bertz CT molecular complexity index is 931. The van der Waals surface area contributed by atoms with E-state index in [1.54, 1.807) is 24.6 Å². The summed E-state index contributed by atoms with van der Waals surface area (Å²) in [5.41, 5.74) is 1.85. The first-order valence-electron chi connectivity index (χ1n) is 8.08. The maximum atomic E-state index is 6.23. The van der Waals surface area contributed by atoms with Gasteiger partial charge in [-0.15, -0.1) is 11.3 Å². The molecule has 26 heavy (non-hydrogen) atoms. The van der Waals surface area contributed by atoms with Gasteiger partial charge >= 0.3 is 0 Å². The Labute approximate surface area is 166 Å². The molecule has 1 aliphatic heterocycles. The number of anilines is 1. The number of rotatable bonds is 4. The highest BCUT2D eigenvalue weighted by Gasteiger charge is 2.42. The van der Waals surface area contributed by atoms with Crippen LogP contribution >= 0.6 is 35.2 Å². The third-order valence-corrected chi connectivity index (χ3v) is 5.94. The molecule has 1 N–H and O–H groups in total. The van der Waals surface area contributed by atoms with Gasteiger partial charge in [-0.25, -0.2) is 0 Å². The number of aromatic nitrogens is 1. The van der Waals surface area contributed by atoms with Crippen molar-refractivity contribution in [2.75, 3.05) is 12.0 Å². The molecule has 3 heterocycles. The number of nitrogens with one attached hydrogen (secondary N) is 1. The number of halogens is 1. The van der Waals surface area contributed by atoms with E-state index in [0.717, 1.165) is 26.3 Å². The third-order valence-electron chi connectivity index (χ3n) is 4.33. The number of pyridine rings is 1. The van der Waals surface area contributed by atoms with Crippen molar-refractivity contribution in [2.45, 2.75) is 12.1 Å². The first kappa shape index (κ1) is 17.3. The van der Waals surface area contributed by atoms with E-state index in [-0.39, 0.29) is 12.1 Å². The van der Waals surface area contributed by atoms with Crippen molar-refractivity contribution in [3.63, 3.8) is 0 Å². The predicted molar refractivity (Wildman–Crippen MR) is 110 cm³/mol. The van der Waals surface area contributed by atoms with Crippen molar-refractivity contribution in [1.29, 1.82) is 0 Å². The van der Waals surface area contributed by atoms with E-state index in [1.807, 2.05) is 54.6 Å². The summed E-state index contributed by atoms with van der Waals surface area (Å²) in [4.78, 5) is 7.75. The first-order chi connectivity index (χ1) is 12.7. The van der Waals surface area contributed by atoms with Crippen LogP contribution in [0, 0.1) is 0 Å². The normalized spacial score (nSPS) is 19.5. The average Bonchev–Trinajstić information content (AvgIpc) is 3.25. The van der Waals surface area contributed by atoms with Gasteiger partial charge in [0, 0.05) is 11.1 Å². The highest BCUT2D eigenvalue weighted by atomic mass is 35.5. The lowest BCUT2D eigenvalue weighted by Gasteiger charge is -2.28. The molecular formula is C19H16ClN3OS2. The van der Waals surface area contributed by atoms with Gasteiger partial charge in [0.2, 0.25) is 0 Å². The molecule has 0 amide bonds. The second-order valence-corrected chi connectivity index (χ2v) is 7.94. The predicted octanol–water partition coefficient (Wildman–Crippen LogP) is 4.98. The number of thiocarbonyl (C=S) groups is 1. The van der Waals surface area contributed by atoms with E-state index < -0.39 is 0 Å². The van der Waals surface area contributed by atoms with Gasteiger partial charge in [0.1, 0.15) is 5.75 Å². The summed E-state index contributed by atoms with van der Waals surface area (Å²) in [5, 5.41) is 4.07. The lowest BCUT2D eigenvalue weighted by Crippen LogP contribution is -2.29. The molecule has 1 fully saturated rings. The second kappa shape index (κ2) is 7.23. The van der Waals surface area contributed by atoms with E-state index in [2.05, 4.69) is 15.2 Å². The van der Waals surface area contributed by atoms with Crippen LogP contribution in [0.2, 0.25) is 4.34 Å². The molecule has 4 rings (SSSR count). The van der Waals surface area contributed by atoms with Gasteiger partial charge in [0.25, 0.3) is 0 Å². The summed E-state index contributed by atoms with van der Waals surface area (Å²) in [7, 11) is 1.67. The van der Waals surface area contributed by atoms with Gasteiger partial charge in [0.05, 0.1) is 34.9 Å². The fraction of sp³-hybridized carbons (Fsp3) is 0.158. The molecular weight excluding hydrogens is 386 g/mol. The number of hydrogen-bond donors (Lipinski definition) is 1. The number of methoxy groups -OCH3 is 1. The van der Waals surface area contributed by atoms with Crippen LogP contribution in [0.5, 0.6) is 5.75 Å². The summed E-state index contributed by atoms with van der Waals surface area (Å²) in [5.74, 6) is 0.769. The summed E-state index contributed by atoms with van der Waals surface area (Å²) < 4.78 is 6.32. The van der Waals surface area contributed by atoms with E-state index in [9.17, 15) is 0 Å². The van der Waals surface area contributed by atoms with Crippen LogP contribution in [0.1, 0.15) is 22.7 Å². The zero-order chi connectivity index (χ0) is 18.1. The molecule has 7 heteroatoms. The van der Waals surface area contributed by atoms with E-state index >= 15 is 0 Å². The Hall–Kier alpha value is -2.15. The topological polar surface area (TPSA) is 37.4 Å². The van der Waals surface area contributed by atoms with Crippen molar-refractivity contribution < 1.29 is 4.74 Å². The van der Waals surface area contributed by atoms with E-state index in [4.69, 9.17) is 28.6 Å². The van der Waals surface area contributed by atoms with Crippen LogP contribution < -0.4 is 15.0 Å². The fourth-order valence-corrected chi connectivity index (χ4v) is 4.75. The van der Waals surface area contributed by atoms with Crippen LogP contribution in [-0.2, 0) is 0 Å². The van der Waals surface area contributed by atoms with Crippen LogP contribution in [-0.4, -0.2) is 17.2 Å². The Morgan fingerprint density at radius 1 is 1.15 bits per heavy atom. The zero-order valence-electron chi connectivity index (χ0n) is 13.9. The number of nitrogens with zero attached hydrogens (tertiary/aromatic N) is 2. The smallest absolute Gasteiger partial charge is 0.174 e. The Morgan fingerprint density at radius 2 is 1.96 bits per heavy atom. The fourth-order valence-electron chi connectivity index (χ4n) is 3.22. The van der Waals surface area contributed by atoms with Gasteiger partial charge in [0.15, 0.2) is 5.11 Å². The van der Waals surface area contributed by atoms with Crippen LogP contribution in [0.25, 0.3) is 0 Å². The lowest BCUT2D eigenvalue weighted by atomic mass is 10.0. The molecule has 4 nitrogen and oxygen atoms in total. The van der Waals surface area contributed by atoms with Crippen LogP contribution in [0.15, 0.2) is 60.8 Å². The van der Waals surface area contributed by atoms with Crippen molar-refractivity contribution in [2.24, 2.45) is 0 Å². The van der Waals surface area contributed by atoms with Gasteiger partial charge in [-0.1, -0.05) is 29.8 Å². The standard InChI is InChI=1S/C19H16ClN3OS2/c1-24-14-8-3-2-7-13(14)23-18(15-9-10-16(20)26-15)17(22-19(23)25)12-6-4-5-11-21-12/h2-11,17-18H,1H3,(H,22,25)/t17-,18+/m1/s1. The molecule has 0 bridgehead atoms.